The van der Waals surface area contributed by atoms with Crippen molar-refractivity contribution >= 4 is 22.3 Å². The molecule has 33 heavy (non-hydrogen) atoms. The van der Waals surface area contributed by atoms with E-state index in [1.807, 2.05) is 30.5 Å². The summed E-state index contributed by atoms with van der Waals surface area (Å²) in [5.41, 5.74) is 6.30. The van der Waals surface area contributed by atoms with E-state index in [2.05, 4.69) is 51.5 Å². The number of hydrogen-bond donors (Lipinski definition) is 1. The molecule has 2 aromatic carbocycles. The van der Waals surface area contributed by atoms with Crippen LogP contribution in [0.5, 0.6) is 0 Å². The highest BCUT2D eigenvalue weighted by Crippen LogP contribution is 2.26. The maximum absolute atomic E-state index is 13.0. The number of hydrogen-bond acceptors (Lipinski definition) is 5. The minimum atomic E-state index is -0.0430. The van der Waals surface area contributed by atoms with Gasteiger partial charge in [-0.2, -0.15) is 15.5 Å². The number of Topliss-reactive ketones (excluding diaryl/α,β-unsaturated/α-hetero) is 1. The van der Waals surface area contributed by atoms with Crippen molar-refractivity contribution in [2.45, 2.75) is 19.4 Å². The smallest absolute Gasteiger partial charge is 0.188 e. The Bertz CT molecular complexity index is 1400. The molecule has 3 heterocycles. The largest absolute Gasteiger partial charge is 0.302 e. The number of nitriles is 1. The highest BCUT2D eigenvalue weighted by Gasteiger charge is 2.17. The molecule has 1 N–H and O–H groups in total. The molecule has 0 saturated heterocycles. The van der Waals surface area contributed by atoms with E-state index in [0.717, 1.165) is 41.5 Å². The standard InChI is InChI=1S/C26H24N6O/c1-31-9-7-21(8-10-31)22-5-6-23-24(13-22)29-30-26(23)25(33)12-20-15-28-32(17-20)16-19-4-2-3-18(11-19)14-27/h2-7,11,13,15,17H,8-10,12,16H2,1H3,(H,29,30). The van der Waals surface area contributed by atoms with Crippen LogP contribution in [0.25, 0.3) is 16.5 Å². The number of likely N-dealkylation sites (N-methyl/N-ethyl adjacent to an activating group) is 1. The van der Waals surface area contributed by atoms with Gasteiger partial charge in [0.25, 0.3) is 0 Å². The molecule has 0 unspecified atom stereocenters. The van der Waals surface area contributed by atoms with E-state index in [4.69, 9.17) is 5.26 Å². The fourth-order valence-corrected chi connectivity index (χ4v) is 4.24. The van der Waals surface area contributed by atoms with Crippen molar-refractivity contribution in [2.75, 3.05) is 20.1 Å². The summed E-state index contributed by atoms with van der Waals surface area (Å²) in [7, 11) is 2.12. The third-order valence-corrected chi connectivity index (χ3v) is 6.06. The van der Waals surface area contributed by atoms with Crippen LogP contribution < -0.4 is 0 Å². The lowest BCUT2D eigenvalue weighted by Gasteiger charge is -2.22. The lowest BCUT2D eigenvalue weighted by Crippen LogP contribution is -2.23. The molecule has 0 radical (unpaired) electrons. The SMILES string of the molecule is CN1CC=C(c2ccc3c(C(=O)Cc4cnn(Cc5cccc(C#N)c5)c4)n[nH]c3c2)CC1. The highest BCUT2D eigenvalue weighted by molar-refractivity contribution is 6.07. The number of ketones is 1. The average molecular weight is 437 g/mol. The summed E-state index contributed by atoms with van der Waals surface area (Å²) in [6.45, 7) is 2.55. The number of carbonyl (C=O) groups excluding carboxylic acids is 1. The van der Waals surface area contributed by atoms with Crippen molar-refractivity contribution in [3.05, 3.63) is 88.9 Å². The lowest BCUT2D eigenvalue weighted by atomic mass is 9.98. The van der Waals surface area contributed by atoms with Crippen LogP contribution in [0.3, 0.4) is 0 Å². The first-order chi connectivity index (χ1) is 16.1. The topological polar surface area (TPSA) is 90.6 Å². The summed E-state index contributed by atoms with van der Waals surface area (Å²) in [6, 6.07) is 15.8. The maximum Gasteiger partial charge on any atom is 0.188 e. The van der Waals surface area contributed by atoms with Gasteiger partial charge in [0.05, 0.1) is 29.9 Å². The van der Waals surface area contributed by atoms with Gasteiger partial charge in [-0.1, -0.05) is 24.3 Å². The number of fused-ring (bicyclic) bond motifs is 1. The number of H-pyrrole nitrogens is 1. The Hall–Kier alpha value is -4.02. The van der Waals surface area contributed by atoms with Crippen molar-refractivity contribution in [3.8, 4) is 6.07 Å². The molecular weight excluding hydrogens is 412 g/mol. The molecule has 0 bridgehead atoms. The Morgan fingerprint density at radius 3 is 2.94 bits per heavy atom. The summed E-state index contributed by atoms with van der Waals surface area (Å²) in [4.78, 5) is 15.3. The molecule has 4 aromatic rings. The zero-order chi connectivity index (χ0) is 22.8. The summed E-state index contributed by atoms with van der Waals surface area (Å²) in [5.74, 6) is -0.0430. The van der Waals surface area contributed by atoms with Gasteiger partial charge in [-0.25, -0.2) is 0 Å². The number of aromatic nitrogens is 4. The second-order valence-corrected chi connectivity index (χ2v) is 8.53. The maximum atomic E-state index is 13.0. The Balaban J connectivity index is 1.30. The average Bonchev–Trinajstić information content (AvgIpc) is 3.46. The van der Waals surface area contributed by atoms with Gasteiger partial charge in [-0.05, 0) is 60.0 Å². The lowest BCUT2D eigenvalue weighted by molar-refractivity contribution is 0.0989. The van der Waals surface area contributed by atoms with Crippen LogP contribution in [0.2, 0.25) is 0 Å². The van der Waals surface area contributed by atoms with Gasteiger partial charge in [-0.3, -0.25) is 14.6 Å². The molecule has 7 heteroatoms. The molecule has 1 aliphatic heterocycles. The summed E-state index contributed by atoms with van der Waals surface area (Å²) >= 11 is 0. The minimum absolute atomic E-state index is 0.0430. The van der Waals surface area contributed by atoms with Gasteiger partial charge in [0.2, 0.25) is 0 Å². The number of benzene rings is 2. The van der Waals surface area contributed by atoms with Gasteiger partial charge in [0.15, 0.2) is 5.78 Å². The van der Waals surface area contributed by atoms with Crippen LogP contribution in [0.1, 0.15) is 39.2 Å². The van der Waals surface area contributed by atoms with E-state index < -0.39 is 0 Å². The van der Waals surface area contributed by atoms with Crippen LogP contribution in [-0.4, -0.2) is 50.8 Å². The summed E-state index contributed by atoms with van der Waals surface area (Å²) < 4.78 is 1.78. The molecule has 1 aliphatic rings. The minimum Gasteiger partial charge on any atom is -0.302 e. The molecule has 0 spiro atoms. The van der Waals surface area contributed by atoms with Crippen molar-refractivity contribution in [1.29, 1.82) is 5.26 Å². The molecule has 7 nitrogen and oxygen atoms in total. The van der Waals surface area contributed by atoms with E-state index in [0.29, 0.717) is 17.8 Å². The monoisotopic (exact) mass is 436 g/mol. The molecule has 0 atom stereocenters. The fourth-order valence-electron chi connectivity index (χ4n) is 4.24. The Morgan fingerprint density at radius 1 is 1.21 bits per heavy atom. The van der Waals surface area contributed by atoms with E-state index >= 15 is 0 Å². The fraction of sp³-hybridized carbons (Fsp3) is 0.231. The number of nitrogens with one attached hydrogen (secondary N) is 1. The van der Waals surface area contributed by atoms with Gasteiger partial charge in [0.1, 0.15) is 5.69 Å². The molecule has 5 rings (SSSR count). The first-order valence-corrected chi connectivity index (χ1v) is 11.0. The number of aromatic amines is 1. The van der Waals surface area contributed by atoms with Gasteiger partial charge < -0.3 is 4.90 Å². The Morgan fingerprint density at radius 2 is 2.12 bits per heavy atom. The third kappa shape index (κ3) is 4.47. The Kier molecular flexibility index (Phi) is 5.59. The third-order valence-electron chi connectivity index (χ3n) is 6.06. The van der Waals surface area contributed by atoms with Crippen molar-refractivity contribution in [2.24, 2.45) is 0 Å². The Labute approximate surface area is 191 Å². The summed E-state index contributed by atoms with van der Waals surface area (Å²) in [6.07, 6.45) is 7.10. The quantitative estimate of drug-likeness (QED) is 0.464. The van der Waals surface area contributed by atoms with Crippen molar-refractivity contribution < 1.29 is 4.79 Å². The van der Waals surface area contributed by atoms with Gasteiger partial charge in [0, 0.05) is 31.1 Å². The van der Waals surface area contributed by atoms with Crippen molar-refractivity contribution in [1.82, 2.24) is 24.9 Å². The van der Waals surface area contributed by atoms with Crippen LogP contribution in [0.4, 0.5) is 0 Å². The summed E-state index contributed by atoms with van der Waals surface area (Å²) in [5, 5.41) is 21.6. The molecule has 0 aliphatic carbocycles. The predicted octanol–water partition coefficient (Wildman–Crippen LogP) is 3.82. The van der Waals surface area contributed by atoms with E-state index in [1.165, 1.54) is 11.1 Å². The van der Waals surface area contributed by atoms with Crippen LogP contribution in [-0.2, 0) is 13.0 Å². The van der Waals surface area contributed by atoms with Crippen molar-refractivity contribution in [3.63, 3.8) is 0 Å². The second kappa shape index (κ2) is 8.85. The normalized spacial score (nSPS) is 14.2. The van der Waals surface area contributed by atoms with E-state index in [1.54, 1.807) is 16.9 Å². The van der Waals surface area contributed by atoms with Crippen LogP contribution in [0, 0.1) is 11.3 Å². The number of carbonyl (C=O) groups is 1. The molecular formula is C26H24N6O. The van der Waals surface area contributed by atoms with E-state index in [-0.39, 0.29) is 12.2 Å². The molecule has 0 fully saturated rings. The molecule has 2 aromatic heterocycles. The zero-order valence-corrected chi connectivity index (χ0v) is 18.5. The highest BCUT2D eigenvalue weighted by atomic mass is 16.1. The number of nitrogens with zero attached hydrogens (tertiary/aromatic N) is 5. The zero-order valence-electron chi connectivity index (χ0n) is 18.5. The van der Waals surface area contributed by atoms with Gasteiger partial charge >= 0.3 is 0 Å². The molecule has 0 saturated carbocycles. The van der Waals surface area contributed by atoms with Crippen LogP contribution in [0.15, 0.2) is 60.9 Å². The second-order valence-electron chi connectivity index (χ2n) is 8.53. The molecule has 0 amide bonds. The predicted molar refractivity (Wildman–Crippen MR) is 127 cm³/mol. The van der Waals surface area contributed by atoms with Gasteiger partial charge in [-0.15, -0.1) is 0 Å². The first-order valence-electron chi connectivity index (χ1n) is 11.0. The molecule has 164 valence electrons. The number of rotatable bonds is 6. The van der Waals surface area contributed by atoms with Crippen LogP contribution >= 0.6 is 0 Å². The first kappa shape index (κ1) is 20.9. The van der Waals surface area contributed by atoms with E-state index in [9.17, 15) is 4.79 Å².